The minimum absolute atomic E-state index is 0.362. The molecule has 0 bridgehead atoms. The Balaban J connectivity index is 1.93. The molecule has 3 N–H and O–H groups in total. The molecule has 2 rings (SSSR count). The van der Waals surface area contributed by atoms with E-state index in [2.05, 4.69) is 36.3 Å². The Morgan fingerprint density at radius 3 is 2.57 bits per heavy atom. The maximum absolute atomic E-state index is 11.0. The van der Waals surface area contributed by atoms with E-state index < -0.39 is 5.91 Å². The largest absolute Gasteiger partial charge is 0.439 e. The minimum atomic E-state index is -0.501. The lowest BCUT2D eigenvalue weighted by Crippen LogP contribution is -2.28. The molecule has 0 aliphatic rings. The molecular formula is C18H23N3O2. The van der Waals surface area contributed by atoms with Gasteiger partial charge in [-0.3, -0.25) is 4.79 Å². The number of hydrogen-bond donors (Lipinski definition) is 2. The average molecular weight is 313 g/mol. The topological polar surface area (TPSA) is 77.2 Å². The van der Waals surface area contributed by atoms with Crippen molar-refractivity contribution < 1.29 is 9.53 Å². The lowest BCUT2D eigenvalue weighted by Gasteiger charge is -2.13. The van der Waals surface area contributed by atoms with E-state index in [9.17, 15) is 4.79 Å². The lowest BCUT2D eigenvalue weighted by atomic mass is 10.1. The molecule has 0 fully saturated rings. The van der Waals surface area contributed by atoms with Gasteiger partial charge in [-0.15, -0.1) is 0 Å². The summed E-state index contributed by atoms with van der Waals surface area (Å²) in [7, 11) is 0. The summed E-state index contributed by atoms with van der Waals surface area (Å²) in [5, 5.41) is 3.47. The van der Waals surface area contributed by atoms with Gasteiger partial charge in [0.1, 0.15) is 5.75 Å². The molecule has 2 aromatic rings. The van der Waals surface area contributed by atoms with Crippen molar-refractivity contribution in [1.82, 2.24) is 10.3 Å². The number of pyridine rings is 1. The van der Waals surface area contributed by atoms with Crippen molar-refractivity contribution >= 4 is 5.91 Å². The van der Waals surface area contributed by atoms with Gasteiger partial charge >= 0.3 is 0 Å². The number of carbonyl (C=O) groups is 1. The Hall–Kier alpha value is -2.40. The number of primary amides is 1. The third-order valence-electron chi connectivity index (χ3n) is 3.45. The van der Waals surface area contributed by atoms with Gasteiger partial charge in [-0.05, 0) is 50.1 Å². The van der Waals surface area contributed by atoms with E-state index in [1.165, 1.54) is 11.8 Å². The standard InChI is InChI=1S/C18H23N3O2/c1-3-10-20-13(2)11-14-4-7-16(8-5-14)23-17-9-6-15(12-21-17)18(19)22/h4-9,12-13,20H,3,10-11H2,1-2H3,(H2,19,22). The Morgan fingerprint density at radius 2 is 2.00 bits per heavy atom. The van der Waals surface area contributed by atoms with Gasteiger partial charge in [0.25, 0.3) is 0 Å². The normalized spacial score (nSPS) is 11.9. The first-order chi connectivity index (χ1) is 11.1. The number of nitrogens with one attached hydrogen (secondary N) is 1. The summed E-state index contributed by atoms with van der Waals surface area (Å²) in [5.41, 5.74) is 6.80. The van der Waals surface area contributed by atoms with Crippen LogP contribution in [-0.2, 0) is 6.42 Å². The maximum atomic E-state index is 11.0. The second kappa shape index (κ2) is 8.29. The molecule has 0 spiro atoms. The summed E-state index contributed by atoms with van der Waals surface area (Å²) in [6, 6.07) is 11.6. The molecule has 0 radical (unpaired) electrons. The zero-order chi connectivity index (χ0) is 16.7. The predicted octanol–water partition coefficient (Wildman–Crippen LogP) is 2.90. The van der Waals surface area contributed by atoms with Crippen molar-refractivity contribution in [2.45, 2.75) is 32.7 Å². The fraction of sp³-hybridized carbons (Fsp3) is 0.333. The molecule has 0 aliphatic heterocycles. The molecule has 1 atom stereocenters. The molecule has 1 unspecified atom stereocenters. The van der Waals surface area contributed by atoms with Crippen LogP contribution in [0.25, 0.3) is 0 Å². The Labute approximate surface area is 136 Å². The highest BCUT2D eigenvalue weighted by molar-refractivity contribution is 5.92. The first-order valence-electron chi connectivity index (χ1n) is 7.84. The highest BCUT2D eigenvalue weighted by Crippen LogP contribution is 2.20. The van der Waals surface area contributed by atoms with Gasteiger partial charge in [0.2, 0.25) is 11.8 Å². The number of nitrogens with zero attached hydrogens (tertiary/aromatic N) is 1. The third-order valence-corrected chi connectivity index (χ3v) is 3.45. The van der Waals surface area contributed by atoms with Gasteiger partial charge in [-0.25, -0.2) is 4.98 Å². The van der Waals surface area contributed by atoms with Crippen molar-refractivity contribution in [2.24, 2.45) is 5.73 Å². The molecule has 0 aliphatic carbocycles. The highest BCUT2D eigenvalue weighted by atomic mass is 16.5. The van der Waals surface area contributed by atoms with E-state index in [4.69, 9.17) is 10.5 Å². The van der Waals surface area contributed by atoms with Crippen LogP contribution >= 0.6 is 0 Å². The van der Waals surface area contributed by atoms with Crippen LogP contribution < -0.4 is 15.8 Å². The number of ether oxygens (including phenoxy) is 1. The monoisotopic (exact) mass is 313 g/mol. The second-order valence-electron chi connectivity index (χ2n) is 5.55. The number of amides is 1. The zero-order valence-electron chi connectivity index (χ0n) is 13.6. The van der Waals surface area contributed by atoms with E-state index in [-0.39, 0.29) is 0 Å². The Bertz CT molecular complexity index is 624. The van der Waals surface area contributed by atoms with Gasteiger partial charge in [0.15, 0.2) is 0 Å². The van der Waals surface area contributed by atoms with Gasteiger partial charge in [0, 0.05) is 18.3 Å². The Kier molecular flexibility index (Phi) is 6.11. The number of rotatable bonds is 8. The fourth-order valence-corrected chi connectivity index (χ4v) is 2.22. The Morgan fingerprint density at radius 1 is 1.26 bits per heavy atom. The number of hydrogen-bond acceptors (Lipinski definition) is 4. The first-order valence-corrected chi connectivity index (χ1v) is 7.84. The van der Waals surface area contributed by atoms with Crippen molar-refractivity contribution in [2.75, 3.05) is 6.54 Å². The van der Waals surface area contributed by atoms with Gasteiger partial charge < -0.3 is 15.8 Å². The zero-order valence-corrected chi connectivity index (χ0v) is 13.6. The van der Waals surface area contributed by atoms with Crippen molar-refractivity contribution in [3.63, 3.8) is 0 Å². The molecule has 5 heteroatoms. The summed E-state index contributed by atoms with van der Waals surface area (Å²) < 4.78 is 5.66. The third kappa shape index (κ3) is 5.38. The second-order valence-corrected chi connectivity index (χ2v) is 5.55. The average Bonchev–Trinajstić information content (AvgIpc) is 2.55. The number of carbonyl (C=O) groups excluding carboxylic acids is 1. The van der Waals surface area contributed by atoms with Crippen molar-refractivity contribution in [3.8, 4) is 11.6 Å². The summed E-state index contributed by atoms with van der Waals surface area (Å²) in [4.78, 5) is 15.1. The van der Waals surface area contributed by atoms with Crippen LogP contribution in [0.2, 0.25) is 0 Å². The van der Waals surface area contributed by atoms with E-state index in [1.54, 1.807) is 12.1 Å². The van der Waals surface area contributed by atoms with E-state index in [0.29, 0.717) is 23.2 Å². The summed E-state index contributed by atoms with van der Waals surface area (Å²) in [6.07, 6.45) is 3.53. The summed E-state index contributed by atoms with van der Waals surface area (Å²) in [5.74, 6) is 0.641. The SMILES string of the molecule is CCCNC(C)Cc1ccc(Oc2ccc(C(N)=O)cn2)cc1. The van der Waals surface area contributed by atoms with Crippen LogP contribution in [0, 0.1) is 0 Å². The van der Waals surface area contributed by atoms with E-state index in [1.807, 2.05) is 12.1 Å². The van der Waals surface area contributed by atoms with Crippen LogP contribution in [0.15, 0.2) is 42.6 Å². The van der Waals surface area contributed by atoms with Crippen LogP contribution in [0.4, 0.5) is 0 Å². The molecule has 1 heterocycles. The smallest absolute Gasteiger partial charge is 0.250 e. The van der Waals surface area contributed by atoms with E-state index in [0.717, 1.165) is 19.4 Å². The molecule has 1 aromatic heterocycles. The lowest BCUT2D eigenvalue weighted by molar-refractivity contribution is 0.1000. The van der Waals surface area contributed by atoms with E-state index >= 15 is 0 Å². The fourth-order valence-electron chi connectivity index (χ4n) is 2.22. The first kappa shape index (κ1) is 17.0. The highest BCUT2D eigenvalue weighted by Gasteiger charge is 2.05. The van der Waals surface area contributed by atoms with Gasteiger partial charge in [-0.2, -0.15) is 0 Å². The molecule has 0 saturated heterocycles. The molecule has 0 saturated carbocycles. The van der Waals surface area contributed by atoms with Crippen LogP contribution in [0.1, 0.15) is 36.2 Å². The van der Waals surface area contributed by atoms with Crippen LogP contribution in [0.3, 0.4) is 0 Å². The minimum Gasteiger partial charge on any atom is -0.439 e. The number of benzene rings is 1. The van der Waals surface area contributed by atoms with Crippen LogP contribution in [0.5, 0.6) is 11.6 Å². The van der Waals surface area contributed by atoms with Crippen molar-refractivity contribution in [1.29, 1.82) is 0 Å². The molecular weight excluding hydrogens is 290 g/mol. The van der Waals surface area contributed by atoms with Crippen LogP contribution in [-0.4, -0.2) is 23.5 Å². The summed E-state index contributed by atoms with van der Waals surface area (Å²) in [6.45, 7) is 5.38. The maximum Gasteiger partial charge on any atom is 0.250 e. The molecule has 1 amide bonds. The molecule has 122 valence electrons. The summed E-state index contributed by atoms with van der Waals surface area (Å²) >= 11 is 0. The predicted molar refractivity (Wildman–Crippen MR) is 90.7 cm³/mol. The van der Waals surface area contributed by atoms with Gasteiger partial charge in [-0.1, -0.05) is 19.1 Å². The molecule has 5 nitrogen and oxygen atoms in total. The quantitative estimate of drug-likeness (QED) is 0.785. The molecule has 1 aromatic carbocycles. The number of aromatic nitrogens is 1. The molecule has 23 heavy (non-hydrogen) atoms. The number of nitrogens with two attached hydrogens (primary N) is 1. The van der Waals surface area contributed by atoms with Gasteiger partial charge in [0.05, 0.1) is 5.56 Å². The van der Waals surface area contributed by atoms with Crippen molar-refractivity contribution in [3.05, 3.63) is 53.7 Å².